The van der Waals surface area contributed by atoms with Gasteiger partial charge in [-0.05, 0) is 43.9 Å². The lowest BCUT2D eigenvalue weighted by atomic mass is 9.94. The number of imidazole rings is 1. The van der Waals surface area contributed by atoms with Crippen LogP contribution < -0.4 is 5.73 Å². The molecule has 0 saturated heterocycles. The van der Waals surface area contributed by atoms with E-state index in [1.807, 2.05) is 6.07 Å². The van der Waals surface area contributed by atoms with Crippen LogP contribution in [0.5, 0.6) is 0 Å². The molecule has 0 fully saturated rings. The molecule has 0 radical (unpaired) electrons. The fraction of sp³-hybridized carbons (Fsp3) is 0.562. The standard InChI is InChI=1S/C16H24FN3/c1-4-20-15-6-5-13(17)9-14(15)19-16(20)8-12(10-18)7-11(2)3/h5-6,9,11-12H,4,7-8,10,18H2,1-3H3. The lowest BCUT2D eigenvalue weighted by molar-refractivity contribution is 0.404. The molecule has 0 amide bonds. The Hall–Kier alpha value is -1.42. The summed E-state index contributed by atoms with van der Waals surface area (Å²) in [6.07, 6.45) is 1.95. The monoisotopic (exact) mass is 277 g/mol. The number of nitrogens with zero attached hydrogens (tertiary/aromatic N) is 2. The van der Waals surface area contributed by atoms with Crippen LogP contribution in [0, 0.1) is 17.7 Å². The van der Waals surface area contributed by atoms with Crippen LogP contribution in [0.4, 0.5) is 4.39 Å². The highest BCUT2D eigenvalue weighted by atomic mass is 19.1. The van der Waals surface area contributed by atoms with Gasteiger partial charge in [-0.15, -0.1) is 0 Å². The second-order valence-electron chi connectivity index (χ2n) is 5.84. The van der Waals surface area contributed by atoms with Gasteiger partial charge in [0, 0.05) is 19.0 Å². The quantitative estimate of drug-likeness (QED) is 0.880. The van der Waals surface area contributed by atoms with E-state index >= 15 is 0 Å². The molecule has 0 aliphatic carbocycles. The first-order valence-electron chi connectivity index (χ1n) is 7.39. The van der Waals surface area contributed by atoms with E-state index in [1.165, 1.54) is 12.1 Å². The van der Waals surface area contributed by atoms with Crippen LogP contribution in [0.2, 0.25) is 0 Å². The maximum absolute atomic E-state index is 13.3. The van der Waals surface area contributed by atoms with Gasteiger partial charge in [0.05, 0.1) is 11.0 Å². The Morgan fingerprint density at radius 2 is 2.10 bits per heavy atom. The predicted octanol–water partition coefficient (Wildman–Crippen LogP) is 3.36. The maximum Gasteiger partial charge on any atom is 0.125 e. The summed E-state index contributed by atoms with van der Waals surface area (Å²) in [5, 5.41) is 0. The van der Waals surface area contributed by atoms with Crippen molar-refractivity contribution >= 4 is 11.0 Å². The molecule has 0 aliphatic heterocycles. The molecule has 1 aromatic carbocycles. The molecule has 4 heteroatoms. The van der Waals surface area contributed by atoms with E-state index in [2.05, 4.69) is 30.3 Å². The van der Waals surface area contributed by atoms with Crippen LogP contribution in [0.1, 0.15) is 33.0 Å². The van der Waals surface area contributed by atoms with Crippen LogP contribution in [-0.4, -0.2) is 16.1 Å². The zero-order valence-electron chi connectivity index (χ0n) is 12.6. The molecule has 1 aromatic heterocycles. The molecular weight excluding hydrogens is 253 g/mol. The Bertz CT molecular complexity index is 574. The van der Waals surface area contributed by atoms with Gasteiger partial charge in [0.25, 0.3) is 0 Å². The van der Waals surface area contributed by atoms with Gasteiger partial charge in [0.1, 0.15) is 11.6 Å². The van der Waals surface area contributed by atoms with Crippen LogP contribution in [0.3, 0.4) is 0 Å². The van der Waals surface area contributed by atoms with Gasteiger partial charge >= 0.3 is 0 Å². The fourth-order valence-corrected chi connectivity index (χ4v) is 2.85. The van der Waals surface area contributed by atoms with Crippen molar-refractivity contribution in [1.82, 2.24) is 9.55 Å². The summed E-state index contributed by atoms with van der Waals surface area (Å²) in [4.78, 5) is 4.61. The number of aromatic nitrogens is 2. The van der Waals surface area contributed by atoms with Gasteiger partial charge in [-0.25, -0.2) is 9.37 Å². The van der Waals surface area contributed by atoms with Gasteiger partial charge in [0.15, 0.2) is 0 Å². The first-order chi connectivity index (χ1) is 9.55. The maximum atomic E-state index is 13.3. The summed E-state index contributed by atoms with van der Waals surface area (Å²) < 4.78 is 15.5. The van der Waals surface area contributed by atoms with Gasteiger partial charge in [0.2, 0.25) is 0 Å². The number of nitrogens with two attached hydrogens (primary N) is 1. The Morgan fingerprint density at radius 1 is 1.35 bits per heavy atom. The third kappa shape index (κ3) is 3.18. The molecule has 2 N–H and O–H groups in total. The average Bonchev–Trinajstić information content (AvgIpc) is 2.73. The zero-order chi connectivity index (χ0) is 14.7. The molecule has 1 unspecified atom stereocenters. The van der Waals surface area contributed by atoms with E-state index in [9.17, 15) is 4.39 Å². The van der Waals surface area contributed by atoms with E-state index in [-0.39, 0.29) is 5.82 Å². The Morgan fingerprint density at radius 3 is 2.70 bits per heavy atom. The lowest BCUT2D eigenvalue weighted by Gasteiger charge is -2.17. The molecule has 0 aliphatic rings. The SMILES string of the molecule is CCn1c(CC(CN)CC(C)C)nc2cc(F)ccc21. The van der Waals surface area contributed by atoms with E-state index < -0.39 is 0 Å². The summed E-state index contributed by atoms with van der Waals surface area (Å²) in [6, 6.07) is 4.81. The molecule has 1 heterocycles. The van der Waals surface area contributed by atoms with Crippen molar-refractivity contribution < 1.29 is 4.39 Å². The van der Waals surface area contributed by atoms with Crippen LogP contribution in [-0.2, 0) is 13.0 Å². The highest BCUT2D eigenvalue weighted by Gasteiger charge is 2.16. The minimum Gasteiger partial charge on any atom is -0.330 e. The number of aryl methyl sites for hydroxylation is 1. The molecule has 2 rings (SSSR count). The second kappa shape index (κ2) is 6.35. The largest absolute Gasteiger partial charge is 0.330 e. The third-order valence-electron chi connectivity index (χ3n) is 3.71. The molecular formula is C16H24FN3. The highest BCUT2D eigenvalue weighted by Crippen LogP contribution is 2.21. The highest BCUT2D eigenvalue weighted by molar-refractivity contribution is 5.76. The van der Waals surface area contributed by atoms with E-state index in [4.69, 9.17) is 5.73 Å². The van der Waals surface area contributed by atoms with Crippen LogP contribution >= 0.6 is 0 Å². The zero-order valence-corrected chi connectivity index (χ0v) is 12.6. The number of halogens is 1. The number of benzene rings is 1. The van der Waals surface area contributed by atoms with E-state index in [0.717, 1.165) is 36.2 Å². The first-order valence-corrected chi connectivity index (χ1v) is 7.39. The Labute approximate surface area is 120 Å². The van der Waals surface area contributed by atoms with Crippen molar-refractivity contribution in [3.8, 4) is 0 Å². The summed E-state index contributed by atoms with van der Waals surface area (Å²) in [6.45, 7) is 8.02. The van der Waals surface area contributed by atoms with Crippen molar-refractivity contribution in [3.63, 3.8) is 0 Å². The topological polar surface area (TPSA) is 43.8 Å². The predicted molar refractivity (Wildman–Crippen MR) is 81.1 cm³/mol. The van der Waals surface area contributed by atoms with Crippen molar-refractivity contribution in [2.45, 2.75) is 40.2 Å². The molecule has 2 aromatic rings. The second-order valence-corrected chi connectivity index (χ2v) is 5.84. The molecule has 0 bridgehead atoms. The molecule has 110 valence electrons. The van der Waals surface area contributed by atoms with Crippen molar-refractivity contribution in [2.24, 2.45) is 17.6 Å². The molecule has 20 heavy (non-hydrogen) atoms. The van der Waals surface area contributed by atoms with Gasteiger partial charge in [-0.1, -0.05) is 13.8 Å². The van der Waals surface area contributed by atoms with Crippen LogP contribution in [0.15, 0.2) is 18.2 Å². The lowest BCUT2D eigenvalue weighted by Crippen LogP contribution is -2.20. The van der Waals surface area contributed by atoms with E-state index in [0.29, 0.717) is 18.4 Å². The smallest absolute Gasteiger partial charge is 0.125 e. The molecule has 3 nitrogen and oxygen atoms in total. The number of hydrogen-bond donors (Lipinski definition) is 1. The van der Waals surface area contributed by atoms with Crippen LogP contribution in [0.25, 0.3) is 11.0 Å². The Balaban J connectivity index is 2.33. The average molecular weight is 277 g/mol. The van der Waals surface area contributed by atoms with Gasteiger partial charge in [-0.2, -0.15) is 0 Å². The molecule has 0 saturated carbocycles. The van der Waals surface area contributed by atoms with Crippen molar-refractivity contribution in [3.05, 3.63) is 29.8 Å². The van der Waals surface area contributed by atoms with Crippen molar-refractivity contribution in [2.75, 3.05) is 6.54 Å². The third-order valence-corrected chi connectivity index (χ3v) is 3.71. The minimum atomic E-state index is -0.234. The first kappa shape index (κ1) is 15.0. The summed E-state index contributed by atoms with van der Waals surface area (Å²) in [5.74, 6) is 1.84. The van der Waals surface area contributed by atoms with E-state index in [1.54, 1.807) is 0 Å². The summed E-state index contributed by atoms with van der Waals surface area (Å²) in [5.41, 5.74) is 7.62. The summed E-state index contributed by atoms with van der Waals surface area (Å²) in [7, 11) is 0. The number of rotatable bonds is 6. The minimum absolute atomic E-state index is 0.234. The fourth-order valence-electron chi connectivity index (χ4n) is 2.85. The number of fused-ring (bicyclic) bond motifs is 1. The van der Waals surface area contributed by atoms with Crippen molar-refractivity contribution in [1.29, 1.82) is 0 Å². The Kier molecular flexibility index (Phi) is 4.76. The molecule has 1 atom stereocenters. The van der Waals surface area contributed by atoms with Gasteiger partial charge in [-0.3, -0.25) is 0 Å². The van der Waals surface area contributed by atoms with Gasteiger partial charge < -0.3 is 10.3 Å². The normalized spacial score (nSPS) is 13.3. The summed E-state index contributed by atoms with van der Waals surface area (Å²) >= 11 is 0. The number of hydrogen-bond acceptors (Lipinski definition) is 2. The molecule has 0 spiro atoms.